The predicted octanol–water partition coefficient (Wildman–Crippen LogP) is 0.948. The molecular formula is C16H24N4O2. The van der Waals surface area contributed by atoms with Crippen LogP contribution in [0.5, 0.6) is 0 Å². The summed E-state index contributed by atoms with van der Waals surface area (Å²) < 4.78 is 0. The fourth-order valence-electron chi connectivity index (χ4n) is 3.17. The van der Waals surface area contributed by atoms with Gasteiger partial charge in [-0.15, -0.1) is 0 Å². The van der Waals surface area contributed by atoms with Gasteiger partial charge in [-0.2, -0.15) is 0 Å². The predicted molar refractivity (Wildman–Crippen MR) is 82.7 cm³/mol. The summed E-state index contributed by atoms with van der Waals surface area (Å²) in [7, 11) is 0. The highest BCUT2D eigenvalue weighted by molar-refractivity contribution is 5.93. The summed E-state index contributed by atoms with van der Waals surface area (Å²) in [5, 5.41) is 12.0. The molecule has 0 aromatic carbocycles. The second-order valence-corrected chi connectivity index (χ2v) is 6.32. The maximum absolute atomic E-state index is 11.4. The van der Waals surface area contributed by atoms with Crippen molar-refractivity contribution < 1.29 is 10.0 Å². The second kappa shape index (κ2) is 7.17. The number of fused-ring (bicyclic) bond motifs is 1. The van der Waals surface area contributed by atoms with E-state index < -0.39 is 5.91 Å². The Hall–Kier alpha value is -1.50. The van der Waals surface area contributed by atoms with Gasteiger partial charge in [-0.3, -0.25) is 19.9 Å². The van der Waals surface area contributed by atoms with E-state index in [4.69, 9.17) is 5.21 Å². The van der Waals surface area contributed by atoms with Crippen LogP contribution in [-0.2, 0) is 13.0 Å². The Balaban J connectivity index is 1.47. The third-order valence-electron chi connectivity index (χ3n) is 4.70. The second-order valence-electron chi connectivity index (χ2n) is 6.32. The summed E-state index contributed by atoms with van der Waals surface area (Å²) in [5.41, 5.74) is 4.26. The zero-order chi connectivity index (χ0) is 15.4. The molecule has 1 amide bonds. The summed E-state index contributed by atoms with van der Waals surface area (Å²) >= 11 is 0. The molecule has 0 spiro atoms. The smallest absolute Gasteiger partial charge is 0.276 e. The monoisotopic (exact) mass is 304 g/mol. The molecule has 0 atom stereocenters. The average Bonchev–Trinajstić information content (AvgIpc) is 2.51. The first-order valence-corrected chi connectivity index (χ1v) is 8.11. The summed E-state index contributed by atoms with van der Waals surface area (Å²) in [6.45, 7) is 5.40. The van der Waals surface area contributed by atoms with Crippen molar-refractivity contribution in [1.29, 1.82) is 0 Å². The summed E-state index contributed by atoms with van der Waals surface area (Å²) in [6.07, 6.45) is 6.35. The minimum absolute atomic E-state index is 0.420. The maximum Gasteiger partial charge on any atom is 0.276 e. The first-order chi connectivity index (χ1) is 10.8. The molecule has 0 radical (unpaired) electrons. The van der Waals surface area contributed by atoms with E-state index in [9.17, 15) is 4.79 Å². The van der Waals surface area contributed by atoms with Crippen LogP contribution < -0.4 is 10.8 Å². The molecule has 0 saturated carbocycles. The lowest BCUT2D eigenvalue weighted by molar-refractivity contribution is 0.0705. The highest BCUT2D eigenvalue weighted by Gasteiger charge is 2.19. The SMILES string of the molecule is O=C(NO)c1cnc2c(c1)CCN(CCCCC1CNC1)C2. The van der Waals surface area contributed by atoms with Gasteiger partial charge in [0.15, 0.2) is 0 Å². The van der Waals surface area contributed by atoms with Gasteiger partial charge in [0.1, 0.15) is 0 Å². The van der Waals surface area contributed by atoms with Crippen molar-refractivity contribution in [2.75, 3.05) is 26.2 Å². The van der Waals surface area contributed by atoms with Crippen molar-refractivity contribution in [2.45, 2.75) is 32.2 Å². The van der Waals surface area contributed by atoms with E-state index in [-0.39, 0.29) is 0 Å². The van der Waals surface area contributed by atoms with Crippen LogP contribution in [0.15, 0.2) is 12.3 Å². The number of amides is 1. The molecule has 0 aliphatic carbocycles. The first kappa shape index (κ1) is 15.4. The fourth-order valence-corrected chi connectivity index (χ4v) is 3.17. The van der Waals surface area contributed by atoms with E-state index in [1.54, 1.807) is 5.48 Å². The third-order valence-corrected chi connectivity index (χ3v) is 4.70. The Morgan fingerprint density at radius 3 is 3.05 bits per heavy atom. The Bertz CT molecular complexity index is 531. The molecule has 3 N–H and O–H groups in total. The topological polar surface area (TPSA) is 77.5 Å². The average molecular weight is 304 g/mol. The van der Waals surface area contributed by atoms with Crippen LogP contribution in [0.4, 0.5) is 0 Å². The lowest BCUT2D eigenvalue weighted by Crippen LogP contribution is -2.41. The molecule has 1 saturated heterocycles. The lowest BCUT2D eigenvalue weighted by Gasteiger charge is -2.29. The van der Waals surface area contributed by atoms with E-state index in [0.29, 0.717) is 5.56 Å². The molecular weight excluding hydrogens is 280 g/mol. The number of aromatic nitrogens is 1. The van der Waals surface area contributed by atoms with Crippen molar-refractivity contribution in [3.63, 3.8) is 0 Å². The van der Waals surface area contributed by atoms with E-state index >= 15 is 0 Å². The van der Waals surface area contributed by atoms with E-state index in [0.717, 1.165) is 43.2 Å². The van der Waals surface area contributed by atoms with Crippen molar-refractivity contribution in [2.24, 2.45) is 5.92 Å². The van der Waals surface area contributed by atoms with Gasteiger partial charge in [-0.05, 0) is 56.4 Å². The number of unbranched alkanes of at least 4 members (excludes halogenated alkanes) is 1. The van der Waals surface area contributed by atoms with E-state index in [2.05, 4.69) is 15.2 Å². The van der Waals surface area contributed by atoms with Crippen LogP contribution in [0.3, 0.4) is 0 Å². The number of hydrogen-bond donors (Lipinski definition) is 3. The van der Waals surface area contributed by atoms with Gasteiger partial charge in [-0.1, -0.05) is 6.42 Å². The van der Waals surface area contributed by atoms with Gasteiger partial charge in [0.2, 0.25) is 0 Å². The number of rotatable bonds is 6. The third kappa shape index (κ3) is 3.63. The van der Waals surface area contributed by atoms with Gasteiger partial charge in [0.05, 0.1) is 11.3 Å². The molecule has 0 unspecified atom stereocenters. The molecule has 1 aromatic heterocycles. The van der Waals surface area contributed by atoms with E-state index in [1.807, 2.05) is 6.07 Å². The largest absolute Gasteiger partial charge is 0.316 e. The van der Waals surface area contributed by atoms with Gasteiger partial charge in [-0.25, -0.2) is 5.48 Å². The molecule has 1 fully saturated rings. The molecule has 2 aliphatic rings. The zero-order valence-electron chi connectivity index (χ0n) is 12.8. The molecule has 6 heteroatoms. The minimum Gasteiger partial charge on any atom is -0.316 e. The van der Waals surface area contributed by atoms with Crippen molar-refractivity contribution >= 4 is 5.91 Å². The molecule has 1 aromatic rings. The van der Waals surface area contributed by atoms with Crippen molar-refractivity contribution in [1.82, 2.24) is 20.7 Å². The van der Waals surface area contributed by atoms with Crippen molar-refractivity contribution in [3.8, 4) is 0 Å². The number of nitrogens with zero attached hydrogens (tertiary/aromatic N) is 2. The van der Waals surface area contributed by atoms with Gasteiger partial charge >= 0.3 is 0 Å². The normalized spacial score (nSPS) is 18.6. The standard InChI is InChI=1S/C16H24N4O2/c21-16(19-22)14-7-13-4-6-20(11-15(13)18-10-14)5-2-1-3-12-8-17-9-12/h7,10,12,17,22H,1-6,8-9,11H2,(H,19,21). The van der Waals surface area contributed by atoms with Gasteiger partial charge < -0.3 is 5.32 Å². The molecule has 6 nitrogen and oxygen atoms in total. The Morgan fingerprint density at radius 2 is 2.32 bits per heavy atom. The minimum atomic E-state index is -0.497. The number of carbonyl (C=O) groups is 1. The quantitative estimate of drug-likeness (QED) is 0.414. The molecule has 0 bridgehead atoms. The van der Waals surface area contributed by atoms with Gasteiger partial charge in [0.25, 0.3) is 5.91 Å². The summed E-state index contributed by atoms with van der Waals surface area (Å²) in [4.78, 5) is 18.2. The molecule has 120 valence electrons. The number of nitrogens with one attached hydrogen (secondary N) is 2. The highest BCUT2D eigenvalue weighted by Crippen LogP contribution is 2.19. The maximum atomic E-state index is 11.4. The van der Waals surface area contributed by atoms with E-state index in [1.165, 1.54) is 38.5 Å². The lowest BCUT2D eigenvalue weighted by atomic mass is 9.96. The molecule has 3 rings (SSSR count). The van der Waals surface area contributed by atoms with Crippen molar-refractivity contribution in [3.05, 3.63) is 29.1 Å². The number of carbonyl (C=O) groups excluding carboxylic acids is 1. The first-order valence-electron chi connectivity index (χ1n) is 8.11. The van der Waals surface area contributed by atoms with Crippen LogP contribution in [0.1, 0.15) is 40.9 Å². The van der Waals surface area contributed by atoms with Crippen LogP contribution in [0.2, 0.25) is 0 Å². The molecule has 2 aliphatic heterocycles. The summed E-state index contributed by atoms with van der Waals surface area (Å²) in [6, 6.07) is 1.84. The Morgan fingerprint density at radius 1 is 1.45 bits per heavy atom. The van der Waals surface area contributed by atoms with Crippen LogP contribution in [-0.4, -0.2) is 47.2 Å². The Labute approximate surface area is 130 Å². The fraction of sp³-hybridized carbons (Fsp3) is 0.625. The number of pyridine rings is 1. The number of hydroxylamine groups is 1. The highest BCUT2D eigenvalue weighted by atomic mass is 16.5. The van der Waals surface area contributed by atoms with Gasteiger partial charge in [0, 0.05) is 19.3 Å². The zero-order valence-corrected chi connectivity index (χ0v) is 12.8. The van der Waals surface area contributed by atoms with Crippen LogP contribution >= 0.6 is 0 Å². The summed E-state index contributed by atoms with van der Waals surface area (Å²) in [5.74, 6) is 0.406. The van der Waals surface area contributed by atoms with Crippen LogP contribution in [0, 0.1) is 5.92 Å². The molecule has 22 heavy (non-hydrogen) atoms. The Kier molecular flexibility index (Phi) is 5.02. The number of hydrogen-bond acceptors (Lipinski definition) is 5. The molecule has 3 heterocycles. The van der Waals surface area contributed by atoms with Crippen LogP contribution in [0.25, 0.3) is 0 Å².